The van der Waals surface area contributed by atoms with Crippen LogP contribution in [-0.4, -0.2) is 11.9 Å². The zero-order chi connectivity index (χ0) is 13.0. The van der Waals surface area contributed by atoms with Gasteiger partial charge in [0.1, 0.15) is 13.2 Å². The summed E-state index contributed by atoms with van der Waals surface area (Å²) in [5, 5.41) is 0. The van der Waals surface area contributed by atoms with E-state index in [0.717, 1.165) is 22.3 Å². The predicted octanol–water partition coefficient (Wildman–Crippen LogP) is 1.06. The summed E-state index contributed by atoms with van der Waals surface area (Å²) in [5.41, 5.74) is 4.44. The van der Waals surface area contributed by atoms with E-state index in [-0.39, 0.29) is 23.8 Å². The van der Waals surface area contributed by atoms with Crippen molar-refractivity contribution in [2.45, 2.75) is 26.1 Å². The van der Waals surface area contributed by atoms with Gasteiger partial charge in [0.05, 0.1) is 11.8 Å². The highest BCUT2D eigenvalue weighted by molar-refractivity contribution is 5.97. The van der Waals surface area contributed by atoms with Gasteiger partial charge in [-0.15, -0.1) is 0 Å². The van der Waals surface area contributed by atoms with Gasteiger partial charge in [0, 0.05) is 0 Å². The van der Waals surface area contributed by atoms with Crippen LogP contribution in [0.3, 0.4) is 0 Å². The molecule has 5 heteroatoms. The molecule has 1 aromatic carbocycles. The fourth-order valence-corrected chi connectivity index (χ4v) is 3.15. The summed E-state index contributed by atoms with van der Waals surface area (Å²) in [4.78, 5) is 33.2. The van der Waals surface area contributed by atoms with Crippen LogP contribution in [0.15, 0.2) is 12.1 Å². The van der Waals surface area contributed by atoms with E-state index in [1.165, 1.54) is 0 Å². The Labute approximate surface area is 109 Å². The Morgan fingerprint density at radius 3 is 1.74 bits per heavy atom. The first-order valence-corrected chi connectivity index (χ1v) is 6.36. The quantitative estimate of drug-likeness (QED) is 0.396. The number of esters is 2. The minimum atomic E-state index is -0.377. The van der Waals surface area contributed by atoms with Crippen molar-refractivity contribution in [1.29, 1.82) is 0 Å². The highest BCUT2D eigenvalue weighted by Crippen LogP contribution is 2.37. The molecule has 0 saturated carbocycles. The minimum absolute atomic E-state index is 0.307. The van der Waals surface area contributed by atoms with E-state index in [4.69, 9.17) is 14.5 Å². The third kappa shape index (κ3) is 1.62. The van der Waals surface area contributed by atoms with Crippen molar-refractivity contribution in [2.24, 2.45) is 11.8 Å². The third-order valence-electron chi connectivity index (χ3n) is 4.21. The number of cyclic esters (lactones) is 2. The number of ether oxygens (including phenoxy) is 1. The number of fused-ring (bicyclic) bond motifs is 3. The maximum atomic E-state index is 11.6. The van der Waals surface area contributed by atoms with Crippen LogP contribution in [0.25, 0.3) is 0 Å². The molecule has 4 rings (SSSR count). The normalized spacial score (nSPS) is 28.4. The lowest BCUT2D eigenvalue weighted by Gasteiger charge is -2.26. The molecule has 2 aliphatic heterocycles. The van der Waals surface area contributed by atoms with E-state index >= 15 is 0 Å². The molecule has 0 N–H and O–H groups in total. The summed E-state index contributed by atoms with van der Waals surface area (Å²) in [6, 6.07) is 4.14. The Kier molecular flexibility index (Phi) is 2.28. The van der Waals surface area contributed by atoms with Gasteiger partial charge in [-0.25, -0.2) is 9.78 Å². The molecule has 1 aromatic rings. The van der Waals surface area contributed by atoms with Crippen LogP contribution in [0.1, 0.15) is 22.3 Å². The monoisotopic (exact) mass is 260 g/mol. The smallest absolute Gasteiger partial charge is 0.317 e. The Morgan fingerprint density at radius 2 is 1.26 bits per heavy atom. The molecule has 0 spiro atoms. The van der Waals surface area contributed by atoms with Gasteiger partial charge in [-0.05, 0) is 35.1 Å². The Morgan fingerprint density at radius 1 is 0.789 bits per heavy atom. The number of carbonyl (C=O) groups is 2. The second kappa shape index (κ2) is 3.88. The molecule has 98 valence electrons. The van der Waals surface area contributed by atoms with Gasteiger partial charge in [0.15, 0.2) is 0 Å². The molecule has 1 saturated heterocycles. The van der Waals surface area contributed by atoms with Crippen LogP contribution in [0.2, 0.25) is 0 Å². The zero-order valence-corrected chi connectivity index (χ0v) is 10.2. The molecule has 2 heterocycles. The number of carbonyl (C=O) groups excluding carboxylic acids is 2. The highest BCUT2D eigenvalue weighted by atomic mass is 17.2. The molecular formula is C14H12O5. The lowest BCUT2D eigenvalue weighted by molar-refractivity contribution is -0.322. The summed E-state index contributed by atoms with van der Waals surface area (Å²) in [6.07, 6.45) is 1.16. The first kappa shape index (κ1) is 11.1. The first-order chi connectivity index (χ1) is 9.22. The Hall–Kier alpha value is -1.72. The largest absolute Gasteiger partial charge is 0.393 e. The van der Waals surface area contributed by atoms with Gasteiger partial charge in [0.2, 0.25) is 0 Å². The standard InChI is InChI=1S/C14H12O5/c15-13-11-3-7-1-9-5-17-18-6-10(9)2-8(7)4-12(11)14(16)19-13/h1-2,11-12H,3-6H2. The minimum Gasteiger partial charge on any atom is -0.393 e. The first-order valence-electron chi connectivity index (χ1n) is 6.36. The van der Waals surface area contributed by atoms with Gasteiger partial charge >= 0.3 is 11.9 Å². The molecule has 1 aliphatic carbocycles. The zero-order valence-electron chi connectivity index (χ0n) is 10.2. The summed E-state index contributed by atoms with van der Waals surface area (Å²) >= 11 is 0. The van der Waals surface area contributed by atoms with Crippen LogP contribution >= 0.6 is 0 Å². The third-order valence-corrected chi connectivity index (χ3v) is 4.21. The van der Waals surface area contributed by atoms with E-state index in [1.54, 1.807) is 0 Å². The molecule has 0 aromatic heterocycles. The number of rotatable bonds is 0. The van der Waals surface area contributed by atoms with Crippen LogP contribution in [0, 0.1) is 11.8 Å². The summed E-state index contributed by atoms with van der Waals surface area (Å²) in [5.74, 6) is -1.37. The summed E-state index contributed by atoms with van der Waals surface area (Å²) in [6.45, 7) is 0.861. The van der Waals surface area contributed by atoms with Crippen LogP contribution < -0.4 is 0 Å². The molecule has 1 fully saturated rings. The van der Waals surface area contributed by atoms with Gasteiger partial charge < -0.3 is 4.74 Å². The van der Waals surface area contributed by atoms with Crippen molar-refractivity contribution in [3.05, 3.63) is 34.4 Å². The Bertz CT molecular complexity index is 541. The Balaban J connectivity index is 1.76. The van der Waals surface area contributed by atoms with Crippen molar-refractivity contribution in [1.82, 2.24) is 0 Å². The van der Waals surface area contributed by atoms with E-state index < -0.39 is 0 Å². The van der Waals surface area contributed by atoms with Crippen molar-refractivity contribution < 1.29 is 24.1 Å². The fraction of sp³-hybridized carbons (Fsp3) is 0.429. The number of benzene rings is 1. The molecule has 0 bridgehead atoms. The molecule has 0 amide bonds. The van der Waals surface area contributed by atoms with Gasteiger partial charge in [0.25, 0.3) is 0 Å². The lowest BCUT2D eigenvalue weighted by Crippen LogP contribution is -2.28. The highest BCUT2D eigenvalue weighted by Gasteiger charge is 2.46. The topological polar surface area (TPSA) is 61.8 Å². The molecule has 2 atom stereocenters. The predicted molar refractivity (Wildman–Crippen MR) is 61.5 cm³/mol. The molecular weight excluding hydrogens is 248 g/mol. The fourth-order valence-electron chi connectivity index (χ4n) is 3.15. The summed E-state index contributed by atoms with van der Waals surface area (Å²) in [7, 11) is 0. The second-order valence-electron chi connectivity index (χ2n) is 5.28. The second-order valence-corrected chi connectivity index (χ2v) is 5.28. The lowest BCUT2D eigenvalue weighted by atomic mass is 9.76. The van der Waals surface area contributed by atoms with Crippen LogP contribution in [-0.2, 0) is 50.2 Å². The van der Waals surface area contributed by atoms with Crippen molar-refractivity contribution in [2.75, 3.05) is 0 Å². The van der Waals surface area contributed by atoms with Crippen molar-refractivity contribution in [3.63, 3.8) is 0 Å². The SMILES string of the molecule is O=C1OC(=O)C2Cc3cc4c(cc3CC12)COOC4. The van der Waals surface area contributed by atoms with Crippen LogP contribution in [0.5, 0.6) is 0 Å². The number of hydrogen-bond acceptors (Lipinski definition) is 5. The average Bonchev–Trinajstić information content (AvgIpc) is 2.69. The van der Waals surface area contributed by atoms with E-state index in [0.29, 0.717) is 26.1 Å². The average molecular weight is 260 g/mol. The van der Waals surface area contributed by atoms with E-state index in [2.05, 4.69) is 12.1 Å². The van der Waals surface area contributed by atoms with Gasteiger partial charge in [-0.3, -0.25) is 9.59 Å². The molecule has 0 radical (unpaired) electrons. The van der Waals surface area contributed by atoms with E-state index in [1.807, 2.05) is 0 Å². The maximum Gasteiger partial charge on any atom is 0.317 e. The molecule has 19 heavy (non-hydrogen) atoms. The van der Waals surface area contributed by atoms with Gasteiger partial charge in [-0.2, -0.15) is 0 Å². The number of hydrogen-bond donors (Lipinski definition) is 0. The van der Waals surface area contributed by atoms with Crippen molar-refractivity contribution in [3.8, 4) is 0 Å². The van der Waals surface area contributed by atoms with Gasteiger partial charge in [-0.1, -0.05) is 12.1 Å². The molecule has 2 unspecified atom stereocenters. The van der Waals surface area contributed by atoms with Crippen LogP contribution in [0.4, 0.5) is 0 Å². The van der Waals surface area contributed by atoms with Crippen molar-refractivity contribution >= 4 is 11.9 Å². The summed E-state index contributed by atoms with van der Waals surface area (Å²) < 4.78 is 4.74. The molecule has 5 nitrogen and oxygen atoms in total. The van der Waals surface area contributed by atoms with E-state index in [9.17, 15) is 9.59 Å². The molecule has 3 aliphatic rings. The maximum absolute atomic E-state index is 11.6.